The van der Waals surface area contributed by atoms with Crippen LogP contribution in [0.3, 0.4) is 0 Å². The summed E-state index contributed by atoms with van der Waals surface area (Å²) >= 11 is 0. The van der Waals surface area contributed by atoms with Gasteiger partial charge in [-0.1, -0.05) is 97.9 Å². The fraction of sp³-hybridized carbons (Fsp3) is 0.103. The van der Waals surface area contributed by atoms with Crippen molar-refractivity contribution in [1.29, 1.82) is 0 Å². The predicted molar refractivity (Wildman–Crippen MR) is 128 cm³/mol. The number of benzene rings is 4. The third kappa shape index (κ3) is 3.13. The average Bonchev–Trinajstić information content (AvgIpc) is 3.15. The highest BCUT2D eigenvalue weighted by Crippen LogP contribution is 2.41. The maximum Gasteiger partial charge on any atom is 0.0613 e. The van der Waals surface area contributed by atoms with E-state index < -0.39 is 0 Å². The standard InChI is InChI=1S/C29H25N/c1-3-22-18-21(2)19-25(20-22)30-28(23-12-6-4-7-13-23)26-16-10-11-17-27(26)29(30)24-14-8-5-9-15-24/h4-20H,3H2,1-2H3. The average molecular weight is 388 g/mol. The first-order valence-electron chi connectivity index (χ1n) is 10.6. The molecule has 0 bridgehead atoms. The van der Waals surface area contributed by atoms with Crippen molar-refractivity contribution in [2.45, 2.75) is 20.3 Å². The van der Waals surface area contributed by atoms with Crippen molar-refractivity contribution in [2.24, 2.45) is 0 Å². The van der Waals surface area contributed by atoms with Crippen LogP contribution in [-0.4, -0.2) is 4.57 Å². The Morgan fingerprint density at radius 3 is 1.60 bits per heavy atom. The van der Waals surface area contributed by atoms with E-state index in [1.54, 1.807) is 0 Å². The third-order valence-electron chi connectivity index (χ3n) is 5.77. The molecule has 4 aromatic carbocycles. The molecule has 0 radical (unpaired) electrons. The zero-order valence-corrected chi connectivity index (χ0v) is 17.5. The fourth-order valence-corrected chi connectivity index (χ4v) is 4.44. The van der Waals surface area contributed by atoms with Gasteiger partial charge in [0.2, 0.25) is 0 Å². The summed E-state index contributed by atoms with van der Waals surface area (Å²) in [5.41, 5.74) is 8.84. The summed E-state index contributed by atoms with van der Waals surface area (Å²) in [5, 5.41) is 2.56. The summed E-state index contributed by atoms with van der Waals surface area (Å²) in [4.78, 5) is 0. The lowest BCUT2D eigenvalue weighted by molar-refractivity contribution is 1.06. The minimum absolute atomic E-state index is 1.02. The third-order valence-corrected chi connectivity index (χ3v) is 5.77. The molecule has 1 heteroatoms. The van der Waals surface area contributed by atoms with E-state index in [9.17, 15) is 0 Å². The number of hydrogen-bond donors (Lipinski definition) is 0. The molecule has 5 aromatic rings. The van der Waals surface area contributed by atoms with Crippen molar-refractivity contribution in [3.63, 3.8) is 0 Å². The number of fused-ring (bicyclic) bond motifs is 1. The Morgan fingerprint density at radius 1 is 0.600 bits per heavy atom. The smallest absolute Gasteiger partial charge is 0.0613 e. The van der Waals surface area contributed by atoms with Gasteiger partial charge < -0.3 is 4.57 Å². The van der Waals surface area contributed by atoms with Crippen LogP contribution >= 0.6 is 0 Å². The molecular weight excluding hydrogens is 362 g/mol. The van der Waals surface area contributed by atoms with E-state index in [2.05, 4.69) is 122 Å². The van der Waals surface area contributed by atoms with Crippen LogP contribution in [0.4, 0.5) is 0 Å². The Hall–Kier alpha value is -3.58. The molecule has 0 saturated heterocycles. The molecule has 0 atom stereocenters. The van der Waals surface area contributed by atoms with Crippen LogP contribution < -0.4 is 0 Å². The molecule has 1 aromatic heterocycles. The van der Waals surface area contributed by atoms with Crippen molar-refractivity contribution in [3.05, 3.63) is 114 Å². The van der Waals surface area contributed by atoms with E-state index in [1.807, 2.05) is 0 Å². The Balaban J connectivity index is 1.96. The van der Waals surface area contributed by atoms with Crippen LogP contribution in [0.1, 0.15) is 18.1 Å². The molecule has 0 aliphatic rings. The van der Waals surface area contributed by atoms with Crippen molar-refractivity contribution in [2.75, 3.05) is 0 Å². The normalized spacial score (nSPS) is 11.1. The van der Waals surface area contributed by atoms with Crippen LogP contribution in [0.25, 0.3) is 39.0 Å². The number of rotatable bonds is 4. The lowest BCUT2D eigenvalue weighted by Crippen LogP contribution is -2.01. The van der Waals surface area contributed by atoms with E-state index in [0.717, 1.165) is 6.42 Å². The lowest BCUT2D eigenvalue weighted by atomic mass is 10.0. The zero-order chi connectivity index (χ0) is 20.5. The topological polar surface area (TPSA) is 4.93 Å². The first-order valence-corrected chi connectivity index (χ1v) is 10.6. The van der Waals surface area contributed by atoms with Gasteiger partial charge in [-0.2, -0.15) is 0 Å². The first-order chi connectivity index (χ1) is 14.8. The van der Waals surface area contributed by atoms with E-state index in [4.69, 9.17) is 0 Å². The SMILES string of the molecule is CCc1cc(C)cc(-n2c(-c3ccccc3)c3ccccc3c2-c2ccccc2)c1. The lowest BCUT2D eigenvalue weighted by Gasteiger charge is -2.16. The highest BCUT2D eigenvalue weighted by Gasteiger charge is 2.20. The monoisotopic (exact) mass is 387 g/mol. The second-order valence-corrected chi connectivity index (χ2v) is 7.84. The summed E-state index contributed by atoms with van der Waals surface area (Å²) in [6.45, 7) is 4.41. The number of aromatic nitrogens is 1. The molecule has 0 amide bonds. The summed E-state index contributed by atoms with van der Waals surface area (Å²) < 4.78 is 2.46. The second kappa shape index (κ2) is 7.68. The van der Waals surface area contributed by atoms with Gasteiger partial charge in [0.1, 0.15) is 0 Å². The van der Waals surface area contributed by atoms with Gasteiger partial charge in [0.25, 0.3) is 0 Å². The quantitative estimate of drug-likeness (QED) is 0.296. The Morgan fingerprint density at radius 2 is 1.10 bits per heavy atom. The molecule has 0 N–H and O–H groups in total. The Bertz CT molecular complexity index is 1230. The second-order valence-electron chi connectivity index (χ2n) is 7.84. The largest absolute Gasteiger partial charge is 0.308 e. The fourth-order valence-electron chi connectivity index (χ4n) is 4.44. The highest BCUT2D eigenvalue weighted by molar-refractivity contribution is 6.06. The summed E-state index contributed by atoms with van der Waals surface area (Å²) in [6.07, 6.45) is 1.02. The van der Waals surface area contributed by atoms with Crippen molar-refractivity contribution >= 4 is 10.8 Å². The molecule has 0 unspecified atom stereocenters. The van der Waals surface area contributed by atoms with Gasteiger partial charge >= 0.3 is 0 Å². The molecule has 1 nitrogen and oxygen atoms in total. The molecule has 30 heavy (non-hydrogen) atoms. The van der Waals surface area contributed by atoms with Gasteiger partial charge in [-0.3, -0.25) is 0 Å². The Labute approximate surface area is 178 Å². The molecule has 0 spiro atoms. The van der Waals surface area contributed by atoms with E-state index >= 15 is 0 Å². The first kappa shape index (κ1) is 18.4. The maximum absolute atomic E-state index is 2.46. The van der Waals surface area contributed by atoms with Crippen LogP contribution in [-0.2, 0) is 6.42 Å². The molecule has 0 aliphatic carbocycles. The molecular formula is C29H25N. The zero-order valence-electron chi connectivity index (χ0n) is 17.5. The maximum atomic E-state index is 2.46. The van der Waals surface area contributed by atoms with Crippen LogP contribution in [0.2, 0.25) is 0 Å². The van der Waals surface area contributed by atoms with Gasteiger partial charge in [-0.25, -0.2) is 0 Å². The summed E-state index contributed by atoms with van der Waals surface area (Å²) in [5.74, 6) is 0. The van der Waals surface area contributed by atoms with Gasteiger partial charge in [-0.15, -0.1) is 0 Å². The molecule has 146 valence electrons. The van der Waals surface area contributed by atoms with Crippen LogP contribution in [0.5, 0.6) is 0 Å². The minimum atomic E-state index is 1.02. The number of nitrogens with zero attached hydrogens (tertiary/aromatic N) is 1. The number of hydrogen-bond acceptors (Lipinski definition) is 0. The predicted octanol–water partition coefficient (Wildman–Crippen LogP) is 7.84. The molecule has 0 aliphatic heterocycles. The van der Waals surface area contributed by atoms with Crippen molar-refractivity contribution in [3.8, 4) is 28.2 Å². The van der Waals surface area contributed by atoms with Crippen molar-refractivity contribution < 1.29 is 0 Å². The van der Waals surface area contributed by atoms with E-state index in [0.29, 0.717) is 0 Å². The van der Waals surface area contributed by atoms with Crippen molar-refractivity contribution in [1.82, 2.24) is 4.57 Å². The Kier molecular flexibility index (Phi) is 4.72. The molecule has 0 fully saturated rings. The van der Waals surface area contributed by atoms with Crippen LogP contribution in [0.15, 0.2) is 103 Å². The van der Waals surface area contributed by atoms with Gasteiger partial charge in [0.05, 0.1) is 11.4 Å². The summed E-state index contributed by atoms with van der Waals surface area (Å²) in [7, 11) is 0. The highest BCUT2D eigenvalue weighted by atomic mass is 15.0. The van der Waals surface area contributed by atoms with Gasteiger partial charge in [0.15, 0.2) is 0 Å². The molecule has 0 saturated carbocycles. The minimum Gasteiger partial charge on any atom is -0.308 e. The molecule has 5 rings (SSSR count). The van der Waals surface area contributed by atoms with Gasteiger partial charge in [0, 0.05) is 16.5 Å². The number of aryl methyl sites for hydroxylation is 2. The van der Waals surface area contributed by atoms with Crippen LogP contribution in [0, 0.1) is 6.92 Å². The van der Waals surface area contributed by atoms with E-state index in [-0.39, 0.29) is 0 Å². The van der Waals surface area contributed by atoms with Gasteiger partial charge in [-0.05, 0) is 47.7 Å². The summed E-state index contributed by atoms with van der Waals surface area (Å²) in [6, 6.07) is 37.2. The molecule has 1 heterocycles. The van der Waals surface area contributed by atoms with E-state index in [1.165, 1.54) is 50.1 Å².